The summed E-state index contributed by atoms with van der Waals surface area (Å²) in [4.78, 5) is 33.3. The van der Waals surface area contributed by atoms with Gasteiger partial charge in [0.25, 0.3) is 0 Å². The Morgan fingerprint density at radius 1 is 1.48 bits per heavy atom. The molecule has 0 saturated heterocycles. The Morgan fingerprint density at radius 2 is 2.20 bits per heavy atom. The van der Waals surface area contributed by atoms with Gasteiger partial charge in [-0.2, -0.15) is 0 Å². The van der Waals surface area contributed by atoms with Crippen LogP contribution in [-0.2, 0) is 25.0 Å². The third-order valence-corrected chi connectivity index (χ3v) is 4.44. The van der Waals surface area contributed by atoms with Gasteiger partial charge in [-0.15, -0.1) is 0 Å². The van der Waals surface area contributed by atoms with Gasteiger partial charge in [-0.3, -0.25) is 13.8 Å². The summed E-state index contributed by atoms with van der Waals surface area (Å²) in [5, 5.41) is 11.9. The lowest BCUT2D eigenvalue weighted by Gasteiger charge is -2.24. The van der Waals surface area contributed by atoms with Crippen LogP contribution in [0.3, 0.4) is 0 Å². The van der Waals surface area contributed by atoms with Crippen LogP contribution in [0.1, 0.15) is 6.92 Å². The van der Waals surface area contributed by atoms with Crippen molar-refractivity contribution in [3.63, 3.8) is 0 Å². The highest BCUT2D eigenvalue weighted by Gasteiger charge is 2.28. The molecule has 1 amide bonds. The van der Waals surface area contributed by atoms with E-state index in [1.54, 1.807) is 0 Å². The number of hydrogen-bond acceptors (Lipinski definition) is 9. The number of aliphatic hydroxyl groups excluding tert-OH is 1. The molecule has 0 aliphatic carbocycles. The van der Waals surface area contributed by atoms with Crippen molar-refractivity contribution in [3.8, 4) is 0 Å². The van der Waals surface area contributed by atoms with Crippen molar-refractivity contribution in [2.75, 3.05) is 19.5 Å². The molecule has 0 radical (unpaired) electrons. The Kier molecular flexibility index (Phi) is 6.03. The van der Waals surface area contributed by atoms with E-state index in [1.807, 2.05) is 0 Å². The number of amides is 1. The molecule has 2 aromatic heterocycles. The molecule has 2 heterocycles. The number of nitrogens with one attached hydrogen (secondary N) is 1. The van der Waals surface area contributed by atoms with Crippen molar-refractivity contribution in [1.82, 2.24) is 24.8 Å². The van der Waals surface area contributed by atoms with E-state index in [0.29, 0.717) is 11.2 Å². The first-order chi connectivity index (χ1) is 11.8. The predicted octanol–water partition coefficient (Wildman–Crippen LogP) is -0.962. The Labute approximate surface area is 142 Å². The molecule has 0 fully saturated rings. The first kappa shape index (κ1) is 19.2. The Balaban J connectivity index is 2.04. The summed E-state index contributed by atoms with van der Waals surface area (Å²) in [7, 11) is -3.23. The quantitative estimate of drug-likeness (QED) is 0.421. The first-order valence-electron chi connectivity index (χ1n) is 7.16. The number of carbonyl (C=O) groups excluding carboxylic acids is 1. The van der Waals surface area contributed by atoms with E-state index < -0.39 is 32.5 Å². The number of aliphatic hydroxyl groups is 1. The van der Waals surface area contributed by atoms with Gasteiger partial charge >= 0.3 is 7.82 Å². The summed E-state index contributed by atoms with van der Waals surface area (Å²) in [5.74, 6) is -0.297. The highest BCUT2D eigenvalue weighted by Crippen LogP contribution is 2.43. The number of phosphoric ester groups is 1. The largest absolute Gasteiger partial charge is 0.472 e. The molecule has 0 spiro atoms. The maximum Gasteiger partial charge on any atom is 0.472 e. The van der Waals surface area contributed by atoms with E-state index >= 15 is 0 Å². The van der Waals surface area contributed by atoms with E-state index in [4.69, 9.17) is 10.3 Å². The number of anilines is 1. The van der Waals surface area contributed by atoms with Crippen LogP contribution in [-0.4, -0.2) is 61.3 Å². The molecule has 3 atom stereocenters. The SMILES string of the molecule is COP(=O)(O)OC(C)C(CO)NC(=O)Cn1cnc2c(N)ncnc21. The zero-order chi connectivity index (χ0) is 18.6. The van der Waals surface area contributed by atoms with Crippen LogP contribution in [0.4, 0.5) is 5.82 Å². The number of imidazole rings is 1. The van der Waals surface area contributed by atoms with Crippen LogP contribution in [0.15, 0.2) is 12.7 Å². The fourth-order valence-electron chi connectivity index (χ4n) is 2.06. The second kappa shape index (κ2) is 7.85. The molecular formula is C12H19N6O6P. The normalized spacial score (nSPS) is 16.3. The van der Waals surface area contributed by atoms with Gasteiger partial charge in [0.15, 0.2) is 11.5 Å². The second-order valence-corrected chi connectivity index (χ2v) is 6.63. The molecule has 12 nitrogen and oxygen atoms in total. The van der Waals surface area contributed by atoms with Crippen molar-refractivity contribution >= 4 is 30.7 Å². The molecule has 5 N–H and O–H groups in total. The summed E-state index contributed by atoms with van der Waals surface area (Å²) in [6.45, 7) is 0.761. The van der Waals surface area contributed by atoms with Gasteiger partial charge in [-0.05, 0) is 6.92 Å². The number of aromatic nitrogens is 4. The molecule has 0 aliphatic rings. The lowest BCUT2D eigenvalue weighted by molar-refractivity contribution is -0.123. The zero-order valence-electron chi connectivity index (χ0n) is 13.6. The second-order valence-electron chi connectivity index (χ2n) is 5.12. The van der Waals surface area contributed by atoms with E-state index in [0.717, 1.165) is 7.11 Å². The van der Waals surface area contributed by atoms with Gasteiger partial charge in [0.1, 0.15) is 18.4 Å². The third-order valence-electron chi connectivity index (χ3n) is 3.38. The highest BCUT2D eigenvalue weighted by molar-refractivity contribution is 7.47. The number of nitrogen functional groups attached to an aromatic ring is 1. The summed E-state index contributed by atoms with van der Waals surface area (Å²) in [6, 6.07) is -0.919. The average molecular weight is 374 g/mol. The number of fused-ring (bicyclic) bond motifs is 1. The van der Waals surface area contributed by atoms with Gasteiger partial charge in [-0.25, -0.2) is 19.5 Å². The topological polar surface area (TPSA) is 175 Å². The molecule has 2 rings (SSSR count). The average Bonchev–Trinajstić information content (AvgIpc) is 2.96. The Hall–Kier alpha value is -2.11. The number of nitrogens with zero attached hydrogens (tertiary/aromatic N) is 4. The van der Waals surface area contributed by atoms with Crippen molar-refractivity contribution < 1.29 is 28.4 Å². The highest BCUT2D eigenvalue weighted by atomic mass is 31.2. The minimum Gasteiger partial charge on any atom is -0.394 e. The number of hydrogen-bond donors (Lipinski definition) is 4. The Morgan fingerprint density at radius 3 is 2.84 bits per heavy atom. The molecule has 3 unspecified atom stereocenters. The van der Waals surface area contributed by atoms with Crippen LogP contribution in [0.2, 0.25) is 0 Å². The van der Waals surface area contributed by atoms with Gasteiger partial charge in [-0.1, -0.05) is 0 Å². The molecule has 13 heteroatoms. The van der Waals surface area contributed by atoms with Crippen molar-refractivity contribution in [2.45, 2.75) is 25.6 Å². The molecule has 0 aliphatic heterocycles. The number of nitrogens with two attached hydrogens (primary N) is 1. The minimum atomic E-state index is -4.24. The summed E-state index contributed by atoms with van der Waals surface area (Å²) in [5.41, 5.74) is 6.42. The third kappa shape index (κ3) is 4.71. The first-order valence-corrected chi connectivity index (χ1v) is 8.65. The van der Waals surface area contributed by atoms with Crippen LogP contribution in [0.25, 0.3) is 11.2 Å². The smallest absolute Gasteiger partial charge is 0.394 e. The van der Waals surface area contributed by atoms with Crippen LogP contribution in [0, 0.1) is 0 Å². The van der Waals surface area contributed by atoms with Crippen molar-refractivity contribution in [1.29, 1.82) is 0 Å². The fraction of sp³-hybridized carbons (Fsp3) is 0.500. The maximum atomic E-state index is 12.2. The lowest BCUT2D eigenvalue weighted by atomic mass is 10.2. The molecule has 0 saturated carbocycles. The summed E-state index contributed by atoms with van der Waals surface area (Å²) < 4.78 is 22.0. The van der Waals surface area contributed by atoms with E-state index in [1.165, 1.54) is 24.1 Å². The maximum absolute atomic E-state index is 12.2. The number of phosphoric acid groups is 1. The standard InChI is InChI=1S/C12H19N6O6P/c1-7(24-25(21,22)23-2)8(4-19)17-9(20)3-18-6-16-10-11(13)14-5-15-12(10)18/h5-8,19H,3-4H2,1-2H3,(H,17,20)(H,21,22)(H2,13,14,15). The zero-order valence-corrected chi connectivity index (χ0v) is 14.5. The number of rotatable bonds is 8. The fourth-order valence-corrected chi connectivity index (χ4v) is 2.71. The van der Waals surface area contributed by atoms with E-state index in [9.17, 15) is 19.4 Å². The van der Waals surface area contributed by atoms with E-state index in [2.05, 4.69) is 24.8 Å². The molecule has 0 bridgehead atoms. The predicted molar refractivity (Wildman–Crippen MR) is 86.1 cm³/mol. The van der Waals surface area contributed by atoms with Crippen LogP contribution in [0.5, 0.6) is 0 Å². The molecule has 2 aromatic rings. The van der Waals surface area contributed by atoms with Gasteiger partial charge < -0.3 is 25.6 Å². The molecule has 138 valence electrons. The monoisotopic (exact) mass is 374 g/mol. The van der Waals surface area contributed by atoms with Crippen LogP contribution < -0.4 is 11.1 Å². The summed E-state index contributed by atoms with van der Waals surface area (Å²) >= 11 is 0. The van der Waals surface area contributed by atoms with Crippen molar-refractivity contribution in [3.05, 3.63) is 12.7 Å². The minimum absolute atomic E-state index is 0.156. The molecular weight excluding hydrogens is 355 g/mol. The lowest BCUT2D eigenvalue weighted by Crippen LogP contribution is -2.46. The van der Waals surface area contributed by atoms with Gasteiger partial charge in [0.05, 0.1) is 25.1 Å². The summed E-state index contributed by atoms with van der Waals surface area (Å²) in [6.07, 6.45) is 1.67. The van der Waals surface area contributed by atoms with Crippen LogP contribution >= 0.6 is 7.82 Å². The van der Waals surface area contributed by atoms with Gasteiger partial charge in [0.2, 0.25) is 5.91 Å². The molecule has 25 heavy (non-hydrogen) atoms. The molecule has 0 aromatic carbocycles. The van der Waals surface area contributed by atoms with Crippen molar-refractivity contribution in [2.24, 2.45) is 0 Å². The number of carbonyl (C=O) groups is 1. The van der Waals surface area contributed by atoms with Gasteiger partial charge in [0, 0.05) is 7.11 Å². The van der Waals surface area contributed by atoms with E-state index in [-0.39, 0.29) is 12.4 Å². The Bertz CT molecular complexity index is 797.